The molecule has 1 unspecified atom stereocenters. The van der Waals surface area contributed by atoms with E-state index < -0.39 is 0 Å². The molecule has 0 saturated heterocycles. The van der Waals surface area contributed by atoms with Gasteiger partial charge in [-0.2, -0.15) is 0 Å². The summed E-state index contributed by atoms with van der Waals surface area (Å²) in [5, 5.41) is 3.43. The van der Waals surface area contributed by atoms with Gasteiger partial charge in [0.15, 0.2) is 0 Å². The van der Waals surface area contributed by atoms with Gasteiger partial charge in [-0.3, -0.25) is 0 Å². The first-order chi connectivity index (χ1) is 8.54. The van der Waals surface area contributed by atoms with Gasteiger partial charge in [-0.25, -0.2) is 0 Å². The van der Waals surface area contributed by atoms with Gasteiger partial charge in [0.05, 0.1) is 0 Å². The Morgan fingerprint density at radius 2 is 1.67 bits per heavy atom. The fraction of sp³-hybridized carbons (Fsp3) is 0.625. The number of nitrogens with one attached hydrogen (secondary N) is 1. The first-order valence-corrected chi connectivity index (χ1v) is 6.99. The summed E-state index contributed by atoms with van der Waals surface area (Å²) in [7, 11) is 6.21. The molecule has 2 heteroatoms. The Morgan fingerprint density at radius 3 is 2.11 bits per heavy atom. The van der Waals surface area contributed by atoms with E-state index in [0.717, 1.165) is 5.92 Å². The van der Waals surface area contributed by atoms with Crippen LogP contribution in [0.5, 0.6) is 0 Å². The van der Waals surface area contributed by atoms with E-state index in [1.54, 1.807) is 0 Å². The van der Waals surface area contributed by atoms with Gasteiger partial charge < -0.3 is 10.2 Å². The van der Waals surface area contributed by atoms with E-state index in [4.69, 9.17) is 0 Å². The van der Waals surface area contributed by atoms with E-state index in [1.807, 2.05) is 0 Å². The number of anilines is 1. The largest absolute Gasteiger partial charge is 0.378 e. The van der Waals surface area contributed by atoms with E-state index in [0.29, 0.717) is 6.04 Å². The summed E-state index contributed by atoms with van der Waals surface area (Å²) < 4.78 is 0. The van der Waals surface area contributed by atoms with Crippen LogP contribution in [-0.2, 0) is 0 Å². The summed E-state index contributed by atoms with van der Waals surface area (Å²) in [6, 6.07) is 9.36. The average Bonchev–Trinajstić information content (AvgIpc) is 2.34. The molecule has 1 N–H and O–H groups in total. The molecule has 0 aliphatic carbocycles. The third-order valence-electron chi connectivity index (χ3n) is 3.43. The topological polar surface area (TPSA) is 15.3 Å². The first kappa shape index (κ1) is 15.0. The molecule has 0 fully saturated rings. The predicted molar refractivity (Wildman–Crippen MR) is 81.3 cm³/mol. The number of benzene rings is 1. The van der Waals surface area contributed by atoms with Crippen molar-refractivity contribution in [2.75, 3.05) is 26.0 Å². The van der Waals surface area contributed by atoms with Gasteiger partial charge in [-0.15, -0.1) is 0 Å². The quantitative estimate of drug-likeness (QED) is 0.788. The van der Waals surface area contributed by atoms with Crippen LogP contribution in [0, 0.1) is 5.92 Å². The third-order valence-corrected chi connectivity index (χ3v) is 3.43. The fourth-order valence-corrected chi connectivity index (χ4v) is 2.21. The van der Waals surface area contributed by atoms with Crippen molar-refractivity contribution in [1.29, 1.82) is 0 Å². The van der Waals surface area contributed by atoms with Gasteiger partial charge in [0.1, 0.15) is 0 Å². The van der Waals surface area contributed by atoms with Crippen molar-refractivity contribution in [3.63, 3.8) is 0 Å². The number of rotatable bonds is 7. The number of hydrogen-bond acceptors (Lipinski definition) is 2. The normalized spacial score (nSPS) is 12.8. The van der Waals surface area contributed by atoms with Crippen molar-refractivity contribution < 1.29 is 0 Å². The van der Waals surface area contributed by atoms with Crippen molar-refractivity contribution in [2.24, 2.45) is 5.92 Å². The highest BCUT2D eigenvalue weighted by Gasteiger charge is 2.09. The molecule has 0 aromatic heterocycles. The van der Waals surface area contributed by atoms with E-state index >= 15 is 0 Å². The molecule has 1 atom stereocenters. The van der Waals surface area contributed by atoms with Crippen molar-refractivity contribution in [3.8, 4) is 0 Å². The molecule has 0 radical (unpaired) electrons. The van der Waals surface area contributed by atoms with Crippen LogP contribution in [0.15, 0.2) is 24.3 Å². The molecule has 1 aromatic rings. The van der Waals surface area contributed by atoms with Crippen molar-refractivity contribution in [1.82, 2.24) is 5.32 Å². The van der Waals surface area contributed by atoms with Gasteiger partial charge in [0, 0.05) is 25.8 Å². The molecule has 0 bridgehead atoms. The maximum absolute atomic E-state index is 3.43. The molecule has 18 heavy (non-hydrogen) atoms. The Kier molecular flexibility index (Phi) is 6.20. The van der Waals surface area contributed by atoms with Crippen molar-refractivity contribution >= 4 is 5.69 Å². The van der Waals surface area contributed by atoms with Gasteiger partial charge >= 0.3 is 0 Å². The monoisotopic (exact) mass is 248 g/mol. The Balaban J connectivity index is 2.58. The summed E-state index contributed by atoms with van der Waals surface area (Å²) in [4.78, 5) is 2.14. The van der Waals surface area contributed by atoms with Crippen LogP contribution in [0.1, 0.15) is 44.7 Å². The lowest BCUT2D eigenvalue weighted by Gasteiger charge is -2.19. The van der Waals surface area contributed by atoms with Crippen LogP contribution < -0.4 is 10.2 Å². The molecule has 1 aromatic carbocycles. The second-order valence-corrected chi connectivity index (χ2v) is 5.65. The van der Waals surface area contributed by atoms with Crippen LogP contribution in [0.3, 0.4) is 0 Å². The third kappa shape index (κ3) is 4.69. The van der Waals surface area contributed by atoms with Gasteiger partial charge in [0.25, 0.3) is 0 Å². The molecule has 0 heterocycles. The highest BCUT2D eigenvalue weighted by Crippen LogP contribution is 2.22. The van der Waals surface area contributed by atoms with Crippen LogP contribution in [0.2, 0.25) is 0 Å². The molecule has 0 spiro atoms. The molecule has 102 valence electrons. The number of hydrogen-bond donors (Lipinski definition) is 1. The second-order valence-electron chi connectivity index (χ2n) is 5.65. The molecule has 0 saturated carbocycles. The Morgan fingerprint density at radius 1 is 1.06 bits per heavy atom. The highest BCUT2D eigenvalue weighted by molar-refractivity contribution is 5.46. The summed E-state index contributed by atoms with van der Waals surface area (Å²) in [5.74, 6) is 0.804. The zero-order chi connectivity index (χ0) is 13.5. The Hall–Kier alpha value is -1.02. The lowest BCUT2D eigenvalue weighted by molar-refractivity contribution is 0.470. The van der Waals surface area contributed by atoms with Gasteiger partial charge in [0.2, 0.25) is 0 Å². The lowest BCUT2D eigenvalue weighted by Crippen LogP contribution is -2.17. The van der Waals surface area contributed by atoms with E-state index in [-0.39, 0.29) is 0 Å². The average molecular weight is 248 g/mol. The predicted octanol–water partition coefficient (Wildman–Crippen LogP) is 3.84. The fourth-order valence-electron chi connectivity index (χ4n) is 2.21. The summed E-state index contributed by atoms with van der Waals surface area (Å²) in [6.07, 6.45) is 3.82. The Bertz CT molecular complexity index is 327. The SMILES string of the molecule is CNC(CCCC(C)C)c1ccc(N(C)C)cc1. The van der Waals surface area contributed by atoms with Crippen LogP contribution in [0.25, 0.3) is 0 Å². The minimum absolute atomic E-state index is 0.486. The van der Waals surface area contributed by atoms with Gasteiger partial charge in [-0.05, 0) is 37.1 Å². The molecule has 1 rings (SSSR count). The zero-order valence-electron chi connectivity index (χ0n) is 12.5. The maximum atomic E-state index is 3.43. The summed E-state index contributed by atoms with van der Waals surface area (Å²) in [5.41, 5.74) is 2.66. The standard InChI is InChI=1S/C16H28N2/c1-13(2)7-6-8-16(17-3)14-9-11-15(12-10-14)18(4)5/h9-13,16-17H,6-8H2,1-5H3. The molecule has 0 aliphatic rings. The molecular formula is C16H28N2. The minimum Gasteiger partial charge on any atom is -0.378 e. The van der Waals surface area contributed by atoms with E-state index in [1.165, 1.54) is 30.5 Å². The minimum atomic E-state index is 0.486. The zero-order valence-corrected chi connectivity index (χ0v) is 12.5. The second kappa shape index (κ2) is 7.42. The van der Waals surface area contributed by atoms with Crippen molar-refractivity contribution in [3.05, 3.63) is 29.8 Å². The van der Waals surface area contributed by atoms with E-state index in [2.05, 4.69) is 69.5 Å². The van der Waals surface area contributed by atoms with Crippen LogP contribution in [-0.4, -0.2) is 21.1 Å². The summed E-state index contributed by atoms with van der Waals surface area (Å²) in [6.45, 7) is 4.58. The Labute approximate surface area is 112 Å². The maximum Gasteiger partial charge on any atom is 0.0361 e. The molecule has 0 amide bonds. The first-order valence-electron chi connectivity index (χ1n) is 6.99. The van der Waals surface area contributed by atoms with Crippen molar-refractivity contribution in [2.45, 2.75) is 39.2 Å². The highest BCUT2D eigenvalue weighted by atomic mass is 15.1. The molecule has 2 nitrogen and oxygen atoms in total. The van der Waals surface area contributed by atoms with E-state index in [9.17, 15) is 0 Å². The lowest BCUT2D eigenvalue weighted by atomic mass is 9.98. The summed E-state index contributed by atoms with van der Waals surface area (Å²) >= 11 is 0. The molecule has 0 aliphatic heterocycles. The van der Waals surface area contributed by atoms with Crippen LogP contribution >= 0.6 is 0 Å². The number of nitrogens with zero attached hydrogens (tertiary/aromatic N) is 1. The molecular weight excluding hydrogens is 220 g/mol. The van der Waals surface area contributed by atoms with Crippen LogP contribution in [0.4, 0.5) is 5.69 Å². The smallest absolute Gasteiger partial charge is 0.0361 e. The van der Waals surface area contributed by atoms with Gasteiger partial charge in [-0.1, -0.05) is 38.8 Å².